The number of benzene rings is 1. The second kappa shape index (κ2) is 6.81. The number of aliphatic hydroxyl groups is 1. The number of rotatable bonds is 5. The molecule has 0 fully saturated rings. The van der Waals surface area contributed by atoms with Gasteiger partial charge in [-0.15, -0.1) is 0 Å². The first-order valence-electron chi connectivity index (χ1n) is 6.73. The highest BCUT2D eigenvalue weighted by molar-refractivity contribution is 6.34. The second-order valence-electron chi connectivity index (χ2n) is 4.86. The molecule has 1 aromatic carbocycles. The van der Waals surface area contributed by atoms with E-state index in [1.807, 2.05) is 13.0 Å². The molecule has 2 N–H and O–H groups in total. The van der Waals surface area contributed by atoms with Crippen molar-refractivity contribution in [2.75, 3.05) is 32.1 Å². The third-order valence-corrected chi connectivity index (χ3v) is 3.91. The topological polar surface area (TPSA) is 78.9 Å². The molecule has 0 saturated carbocycles. The average molecular weight is 325 g/mol. The van der Waals surface area contributed by atoms with Crippen LogP contribution < -0.4 is 5.32 Å². The molecule has 7 heteroatoms. The number of aryl methyl sites for hydroxylation is 1. The van der Waals surface area contributed by atoms with E-state index >= 15 is 0 Å². The molecule has 0 radical (unpaired) electrons. The Morgan fingerprint density at radius 3 is 2.86 bits per heavy atom. The summed E-state index contributed by atoms with van der Waals surface area (Å²) in [6.45, 7) is 1.90. The van der Waals surface area contributed by atoms with Crippen molar-refractivity contribution < 1.29 is 19.4 Å². The molecule has 1 aromatic rings. The highest BCUT2D eigenvalue weighted by atomic mass is 35.5. The maximum absolute atomic E-state index is 12.4. The van der Waals surface area contributed by atoms with Gasteiger partial charge in [0, 0.05) is 6.54 Å². The zero-order valence-electron chi connectivity index (χ0n) is 12.4. The number of β-amino-alcohol motifs (C(OH)–C–C–N with tert-alkyl or cyclic N) is 1. The van der Waals surface area contributed by atoms with Crippen molar-refractivity contribution in [1.82, 2.24) is 4.90 Å². The van der Waals surface area contributed by atoms with Crippen LogP contribution in [0.1, 0.15) is 5.56 Å². The lowest BCUT2D eigenvalue weighted by atomic mass is 10.2. The number of hydrogen-bond acceptors (Lipinski definition) is 5. The molecule has 6 nitrogen and oxygen atoms in total. The van der Waals surface area contributed by atoms with Crippen molar-refractivity contribution in [2.24, 2.45) is 0 Å². The number of esters is 1. The molecule has 1 heterocycles. The maximum Gasteiger partial charge on any atom is 0.337 e. The Labute approximate surface area is 133 Å². The Balaban J connectivity index is 2.37. The molecule has 118 valence electrons. The van der Waals surface area contributed by atoms with Gasteiger partial charge in [0.25, 0.3) is 5.91 Å². The van der Waals surface area contributed by atoms with Crippen LogP contribution in [0, 0.1) is 6.92 Å². The number of halogens is 1. The van der Waals surface area contributed by atoms with E-state index in [0.717, 1.165) is 5.56 Å². The van der Waals surface area contributed by atoms with Crippen LogP contribution in [0.3, 0.4) is 0 Å². The zero-order valence-corrected chi connectivity index (χ0v) is 13.1. The molecule has 0 saturated heterocycles. The molecule has 0 aromatic heterocycles. The SMILES string of the molecule is COC(=O)C1=C(Nc2cccc(C)c2Cl)C(=O)N(CCO)C1. The predicted octanol–water partition coefficient (Wildman–Crippen LogP) is 1.32. The number of nitrogens with one attached hydrogen (secondary N) is 1. The molecular formula is C15H17ClN2O4. The Morgan fingerprint density at radius 2 is 2.23 bits per heavy atom. The van der Waals surface area contributed by atoms with Crippen molar-refractivity contribution in [3.05, 3.63) is 40.1 Å². The van der Waals surface area contributed by atoms with Gasteiger partial charge in [0.05, 0.1) is 36.5 Å². The highest BCUT2D eigenvalue weighted by Gasteiger charge is 2.34. The minimum absolute atomic E-state index is 0.0951. The number of hydrogen-bond donors (Lipinski definition) is 2. The average Bonchev–Trinajstić information content (AvgIpc) is 2.81. The number of carbonyl (C=O) groups is 2. The summed E-state index contributed by atoms with van der Waals surface area (Å²) in [6.07, 6.45) is 0. The van der Waals surface area contributed by atoms with Gasteiger partial charge < -0.3 is 20.1 Å². The molecule has 0 atom stereocenters. The summed E-state index contributed by atoms with van der Waals surface area (Å²) in [5, 5.41) is 12.4. The molecule has 0 aliphatic carbocycles. The molecule has 0 bridgehead atoms. The van der Waals surface area contributed by atoms with Crippen LogP contribution in [0.15, 0.2) is 29.5 Å². The highest BCUT2D eigenvalue weighted by Crippen LogP contribution is 2.29. The van der Waals surface area contributed by atoms with Crippen LogP contribution in [-0.4, -0.2) is 48.7 Å². The summed E-state index contributed by atoms with van der Waals surface area (Å²) in [5.41, 5.74) is 1.74. The van der Waals surface area contributed by atoms with E-state index in [0.29, 0.717) is 10.7 Å². The summed E-state index contributed by atoms with van der Waals surface area (Å²) in [6, 6.07) is 5.36. The number of carbonyl (C=O) groups excluding carboxylic acids is 2. The van der Waals surface area contributed by atoms with Gasteiger partial charge >= 0.3 is 5.97 Å². The van der Waals surface area contributed by atoms with Crippen molar-refractivity contribution >= 4 is 29.2 Å². The van der Waals surface area contributed by atoms with Crippen LogP contribution in [0.5, 0.6) is 0 Å². The van der Waals surface area contributed by atoms with Crippen LogP contribution in [-0.2, 0) is 14.3 Å². The third-order valence-electron chi connectivity index (χ3n) is 3.41. The van der Waals surface area contributed by atoms with E-state index < -0.39 is 5.97 Å². The largest absolute Gasteiger partial charge is 0.466 e. The smallest absolute Gasteiger partial charge is 0.337 e. The fourth-order valence-corrected chi connectivity index (χ4v) is 2.40. The third kappa shape index (κ3) is 3.08. The number of anilines is 1. The van der Waals surface area contributed by atoms with Crippen LogP contribution in [0.2, 0.25) is 5.02 Å². The normalized spacial score (nSPS) is 14.5. The van der Waals surface area contributed by atoms with Crippen LogP contribution >= 0.6 is 11.6 Å². The Bertz CT molecular complexity index is 642. The first kappa shape index (κ1) is 16.3. The van der Waals surface area contributed by atoms with Crippen molar-refractivity contribution in [1.29, 1.82) is 0 Å². The number of methoxy groups -OCH3 is 1. The lowest BCUT2D eigenvalue weighted by molar-refractivity contribution is -0.136. The fraction of sp³-hybridized carbons (Fsp3) is 0.333. The van der Waals surface area contributed by atoms with Crippen LogP contribution in [0.4, 0.5) is 5.69 Å². The van der Waals surface area contributed by atoms with E-state index in [1.54, 1.807) is 12.1 Å². The van der Waals surface area contributed by atoms with Gasteiger partial charge in [-0.3, -0.25) is 4.79 Å². The Morgan fingerprint density at radius 1 is 1.50 bits per heavy atom. The van der Waals surface area contributed by atoms with Gasteiger partial charge in [0.1, 0.15) is 5.70 Å². The molecule has 2 rings (SSSR count). The van der Waals surface area contributed by atoms with Crippen molar-refractivity contribution in [3.63, 3.8) is 0 Å². The predicted molar refractivity (Wildman–Crippen MR) is 82.5 cm³/mol. The molecule has 1 aliphatic heterocycles. The first-order chi connectivity index (χ1) is 10.5. The van der Waals surface area contributed by atoms with E-state index in [1.165, 1.54) is 12.0 Å². The molecule has 1 amide bonds. The summed E-state index contributed by atoms with van der Waals surface area (Å²) in [4.78, 5) is 25.6. The Hall–Kier alpha value is -2.05. The van der Waals surface area contributed by atoms with Gasteiger partial charge in [-0.05, 0) is 18.6 Å². The van der Waals surface area contributed by atoms with Gasteiger partial charge in [0.2, 0.25) is 0 Å². The Kier molecular flexibility index (Phi) is 5.05. The lowest BCUT2D eigenvalue weighted by Gasteiger charge is -2.15. The zero-order chi connectivity index (χ0) is 16.3. The molecule has 0 spiro atoms. The number of ether oxygens (including phenoxy) is 1. The number of amides is 1. The maximum atomic E-state index is 12.4. The monoisotopic (exact) mass is 324 g/mol. The van der Waals surface area contributed by atoms with E-state index in [-0.39, 0.29) is 36.9 Å². The summed E-state index contributed by atoms with van der Waals surface area (Å²) >= 11 is 6.21. The van der Waals surface area contributed by atoms with E-state index in [4.69, 9.17) is 21.4 Å². The van der Waals surface area contributed by atoms with Crippen molar-refractivity contribution in [3.8, 4) is 0 Å². The van der Waals surface area contributed by atoms with E-state index in [9.17, 15) is 9.59 Å². The minimum atomic E-state index is -0.583. The summed E-state index contributed by atoms with van der Waals surface area (Å²) < 4.78 is 4.72. The first-order valence-corrected chi connectivity index (χ1v) is 7.11. The minimum Gasteiger partial charge on any atom is -0.466 e. The van der Waals surface area contributed by atoms with Gasteiger partial charge in [0.15, 0.2) is 0 Å². The quantitative estimate of drug-likeness (QED) is 0.799. The van der Waals surface area contributed by atoms with Crippen molar-refractivity contribution in [2.45, 2.75) is 6.92 Å². The van der Waals surface area contributed by atoms with Gasteiger partial charge in [-0.2, -0.15) is 0 Å². The standard InChI is InChI=1S/C15H17ClN2O4/c1-9-4-3-5-11(12(9)16)17-13-10(15(21)22-2)8-18(6-7-19)14(13)20/h3-5,17,19H,6-8H2,1-2H3. The van der Waals surface area contributed by atoms with Crippen LogP contribution in [0.25, 0.3) is 0 Å². The number of nitrogens with zero attached hydrogens (tertiary/aromatic N) is 1. The molecule has 0 unspecified atom stereocenters. The second-order valence-corrected chi connectivity index (χ2v) is 5.23. The lowest BCUT2D eigenvalue weighted by Crippen LogP contribution is -2.31. The number of aliphatic hydroxyl groups excluding tert-OH is 1. The van der Waals surface area contributed by atoms with E-state index in [2.05, 4.69) is 5.32 Å². The fourth-order valence-electron chi connectivity index (χ4n) is 2.23. The summed E-state index contributed by atoms with van der Waals surface area (Å²) in [5.74, 6) is -0.952. The molecule has 1 aliphatic rings. The van der Waals surface area contributed by atoms with Gasteiger partial charge in [-0.25, -0.2) is 4.79 Å². The summed E-state index contributed by atoms with van der Waals surface area (Å²) in [7, 11) is 1.26. The van der Waals surface area contributed by atoms with Gasteiger partial charge in [-0.1, -0.05) is 23.7 Å². The molecule has 22 heavy (non-hydrogen) atoms. The molecular weight excluding hydrogens is 308 g/mol.